The lowest BCUT2D eigenvalue weighted by Crippen LogP contribution is -2.20. The summed E-state index contributed by atoms with van der Waals surface area (Å²) in [4.78, 5) is 12.2. The van der Waals surface area contributed by atoms with Crippen molar-refractivity contribution in [1.82, 2.24) is 0 Å². The average Bonchev–Trinajstić information content (AvgIpc) is 2.75. The molecule has 32 heavy (non-hydrogen) atoms. The van der Waals surface area contributed by atoms with Gasteiger partial charge in [0.05, 0.1) is 22.7 Å². The highest BCUT2D eigenvalue weighted by atomic mass is 35.5. The molecule has 9 heteroatoms. The smallest absolute Gasteiger partial charge is 0.262 e. The number of amides is 1. The number of rotatable bonds is 8. The van der Waals surface area contributed by atoms with Crippen molar-refractivity contribution in [3.63, 3.8) is 0 Å². The predicted molar refractivity (Wildman–Crippen MR) is 125 cm³/mol. The molecule has 0 aromatic heterocycles. The highest BCUT2D eigenvalue weighted by molar-refractivity contribution is 7.92. The Kier molecular flexibility index (Phi) is 7.27. The number of benzene rings is 3. The van der Waals surface area contributed by atoms with E-state index in [1.54, 1.807) is 24.3 Å². The molecule has 0 aliphatic rings. The Morgan fingerprint density at radius 1 is 1.00 bits per heavy atom. The maximum Gasteiger partial charge on any atom is 0.262 e. The summed E-state index contributed by atoms with van der Waals surface area (Å²) in [5.41, 5.74) is 2.81. The predicted octanol–water partition coefficient (Wildman–Crippen LogP) is 4.78. The summed E-state index contributed by atoms with van der Waals surface area (Å²) in [6.45, 7) is 3.47. The van der Waals surface area contributed by atoms with Crippen molar-refractivity contribution in [3.8, 4) is 11.5 Å². The largest absolute Gasteiger partial charge is 0.495 e. The molecular formula is C23H23ClN2O5S. The molecule has 0 aliphatic carbocycles. The van der Waals surface area contributed by atoms with Crippen LogP contribution in [0.2, 0.25) is 5.02 Å². The first-order valence-electron chi connectivity index (χ1n) is 9.64. The van der Waals surface area contributed by atoms with E-state index in [4.69, 9.17) is 21.1 Å². The lowest BCUT2D eigenvalue weighted by molar-refractivity contribution is -0.118. The lowest BCUT2D eigenvalue weighted by Gasteiger charge is -2.12. The number of carbonyl (C=O) groups is 1. The normalized spacial score (nSPS) is 11.0. The van der Waals surface area contributed by atoms with Gasteiger partial charge in [0.25, 0.3) is 15.9 Å². The standard InChI is InChI=1S/C23H23ClN2O5S/c1-15-4-5-16(2)21(12-15)26-32(28,29)19-9-7-18(8-10-19)31-14-23(27)25-17-6-11-22(30-3)20(24)13-17/h4-13,26H,14H2,1-3H3,(H,25,27). The van der Waals surface area contributed by atoms with Gasteiger partial charge in [-0.15, -0.1) is 0 Å². The van der Waals surface area contributed by atoms with Crippen LogP contribution in [0.1, 0.15) is 11.1 Å². The van der Waals surface area contributed by atoms with E-state index >= 15 is 0 Å². The first-order chi connectivity index (χ1) is 15.2. The Labute approximate surface area is 192 Å². The molecule has 0 unspecified atom stereocenters. The van der Waals surface area contributed by atoms with Gasteiger partial charge in [-0.2, -0.15) is 0 Å². The zero-order valence-electron chi connectivity index (χ0n) is 17.8. The van der Waals surface area contributed by atoms with Gasteiger partial charge < -0.3 is 14.8 Å². The van der Waals surface area contributed by atoms with E-state index in [1.807, 2.05) is 26.0 Å². The van der Waals surface area contributed by atoms with E-state index in [1.165, 1.54) is 31.4 Å². The van der Waals surface area contributed by atoms with E-state index in [9.17, 15) is 13.2 Å². The van der Waals surface area contributed by atoms with Crippen LogP contribution in [-0.4, -0.2) is 28.0 Å². The third kappa shape index (κ3) is 5.93. The second-order valence-corrected chi connectivity index (χ2v) is 9.17. The van der Waals surface area contributed by atoms with Crippen molar-refractivity contribution in [2.75, 3.05) is 23.8 Å². The highest BCUT2D eigenvalue weighted by Gasteiger charge is 2.16. The van der Waals surface area contributed by atoms with Crippen LogP contribution >= 0.6 is 11.6 Å². The molecule has 1 amide bonds. The van der Waals surface area contributed by atoms with Crippen LogP contribution in [0.4, 0.5) is 11.4 Å². The Balaban J connectivity index is 1.60. The third-order valence-electron chi connectivity index (χ3n) is 4.58. The van der Waals surface area contributed by atoms with Gasteiger partial charge >= 0.3 is 0 Å². The minimum atomic E-state index is -3.76. The molecule has 3 rings (SSSR count). The molecule has 3 aromatic carbocycles. The zero-order valence-corrected chi connectivity index (χ0v) is 19.4. The fraction of sp³-hybridized carbons (Fsp3) is 0.174. The number of nitrogens with one attached hydrogen (secondary N) is 2. The molecule has 0 saturated carbocycles. The van der Waals surface area contributed by atoms with Crippen molar-refractivity contribution in [2.24, 2.45) is 0 Å². The summed E-state index contributed by atoms with van der Waals surface area (Å²) >= 11 is 6.04. The first kappa shape index (κ1) is 23.4. The number of anilines is 2. The number of aryl methyl sites for hydroxylation is 2. The Hall–Kier alpha value is -3.23. The fourth-order valence-electron chi connectivity index (χ4n) is 2.85. The summed E-state index contributed by atoms with van der Waals surface area (Å²) in [7, 11) is -2.26. The molecule has 0 heterocycles. The van der Waals surface area contributed by atoms with Gasteiger partial charge in [-0.1, -0.05) is 23.7 Å². The Morgan fingerprint density at radius 2 is 1.72 bits per heavy atom. The number of carbonyl (C=O) groups excluding carboxylic acids is 1. The molecule has 7 nitrogen and oxygen atoms in total. The number of halogens is 1. The third-order valence-corrected chi connectivity index (χ3v) is 6.25. The van der Waals surface area contributed by atoms with E-state index in [0.717, 1.165) is 11.1 Å². The van der Waals surface area contributed by atoms with E-state index in [-0.39, 0.29) is 17.4 Å². The number of ether oxygens (including phenoxy) is 2. The monoisotopic (exact) mass is 474 g/mol. The molecule has 0 saturated heterocycles. The van der Waals surface area contributed by atoms with Crippen molar-refractivity contribution in [1.29, 1.82) is 0 Å². The van der Waals surface area contributed by atoms with Crippen LogP contribution in [0.5, 0.6) is 11.5 Å². The van der Waals surface area contributed by atoms with E-state index < -0.39 is 10.0 Å². The second kappa shape index (κ2) is 9.93. The van der Waals surface area contributed by atoms with Gasteiger partial charge in [0, 0.05) is 5.69 Å². The van der Waals surface area contributed by atoms with Crippen LogP contribution in [0, 0.1) is 13.8 Å². The molecule has 2 N–H and O–H groups in total. The fourth-order valence-corrected chi connectivity index (χ4v) is 4.23. The number of methoxy groups -OCH3 is 1. The van der Waals surface area contributed by atoms with Crippen molar-refractivity contribution in [2.45, 2.75) is 18.7 Å². The maximum absolute atomic E-state index is 12.7. The summed E-state index contributed by atoms with van der Waals surface area (Å²) in [6, 6.07) is 16.3. The minimum Gasteiger partial charge on any atom is -0.495 e. The van der Waals surface area contributed by atoms with Crippen LogP contribution in [-0.2, 0) is 14.8 Å². The van der Waals surface area contributed by atoms with Crippen molar-refractivity contribution < 1.29 is 22.7 Å². The van der Waals surface area contributed by atoms with E-state index in [0.29, 0.717) is 27.9 Å². The van der Waals surface area contributed by atoms with Gasteiger partial charge in [0.15, 0.2) is 6.61 Å². The molecule has 168 valence electrons. The topological polar surface area (TPSA) is 93.7 Å². The lowest BCUT2D eigenvalue weighted by atomic mass is 10.1. The van der Waals surface area contributed by atoms with Gasteiger partial charge in [-0.25, -0.2) is 8.42 Å². The molecule has 3 aromatic rings. The van der Waals surface area contributed by atoms with Gasteiger partial charge in [0.2, 0.25) is 0 Å². The zero-order chi connectivity index (χ0) is 23.3. The molecule has 0 fully saturated rings. The van der Waals surface area contributed by atoms with Gasteiger partial charge in [0.1, 0.15) is 11.5 Å². The van der Waals surface area contributed by atoms with Crippen LogP contribution in [0.15, 0.2) is 65.6 Å². The van der Waals surface area contributed by atoms with Gasteiger partial charge in [-0.05, 0) is 73.5 Å². The summed E-state index contributed by atoms with van der Waals surface area (Å²) in [5.74, 6) is 0.473. The first-order valence-corrected chi connectivity index (χ1v) is 11.5. The van der Waals surface area contributed by atoms with Gasteiger partial charge in [-0.3, -0.25) is 9.52 Å². The number of sulfonamides is 1. The highest BCUT2D eigenvalue weighted by Crippen LogP contribution is 2.27. The Bertz CT molecular complexity index is 1230. The summed E-state index contributed by atoms with van der Waals surface area (Å²) < 4.78 is 38.5. The minimum absolute atomic E-state index is 0.0862. The molecule has 0 bridgehead atoms. The Morgan fingerprint density at radius 3 is 2.38 bits per heavy atom. The summed E-state index contributed by atoms with van der Waals surface area (Å²) in [6.07, 6.45) is 0. The molecule has 0 aliphatic heterocycles. The van der Waals surface area contributed by atoms with Crippen LogP contribution < -0.4 is 19.5 Å². The molecule has 0 spiro atoms. The van der Waals surface area contributed by atoms with E-state index in [2.05, 4.69) is 10.0 Å². The average molecular weight is 475 g/mol. The summed E-state index contributed by atoms with van der Waals surface area (Å²) in [5, 5.41) is 3.04. The second-order valence-electron chi connectivity index (χ2n) is 7.08. The molecular weight excluding hydrogens is 452 g/mol. The number of hydrogen-bond acceptors (Lipinski definition) is 5. The quantitative estimate of drug-likeness (QED) is 0.490. The van der Waals surface area contributed by atoms with Crippen LogP contribution in [0.3, 0.4) is 0 Å². The van der Waals surface area contributed by atoms with Crippen molar-refractivity contribution >= 4 is 38.9 Å². The van der Waals surface area contributed by atoms with Crippen LogP contribution in [0.25, 0.3) is 0 Å². The molecule has 0 radical (unpaired) electrons. The SMILES string of the molecule is COc1ccc(NC(=O)COc2ccc(S(=O)(=O)Nc3cc(C)ccc3C)cc2)cc1Cl. The maximum atomic E-state index is 12.7. The number of hydrogen-bond donors (Lipinski definition) is 2. The van der Waals surface area contributed by atoms with Crippen molar-refractivity contribution in [3.05, 3.63) is 76.8 Å². The molecule has 0 atom stereocenters.